The molecule has 0 amide bonds. The van der Waals surface area contributed by atoms with Crippen molar-refractivity contribution in [2.24, 2.45) is 5.92 Å². The fraction of sp³-hybridized carbons (Fsp3) is 0.455. The maximum atomic E-state index is 15.2. The molecule has 1 fully saturated rings. The number of likely N-dealkylation sites (tertiary alicyclic amines) is 1. The molecule has 3 aromatic rings. The van der Waals surface area contributed by atoms with Crippen LogP contribution >= 0.6 is 11.3 Å². The van der Waals surface area contributed by atoms with Crippen molar-refractivity contribution in [3.8, 4) is 5.75 Å². The number of aromatic amines is 1. The lowest BCUT2D eigenvalue weighted by Gasteiger charge is -2.45. The van der Waals surface area contributed by atoms with Crippen LogP contribution in [0.2, 0.25) is 0 Å². The number of benzene rings is 1. The molecule has 0 radical (unpaired) electrons. The summed E-state index contributed by atoms with van der Waals surface area (Å²) in [4.78, 5) is 5.40. The van der Waals surface area contributed by atoms with Crippen LogP contribution in [-0.4, -0.2) is 47.8 Å². The van der Waals surface area contributed by atoms with Crippen LogP contribution in [-0.2, 0) is 15.6 Å². The van der Waals surface area contributed by atoms with Crippen molar-refractivity contribution in [3.63, 3.8) is 0 Å². The summed E-state index contributed by atoms with van der Waals surface area (Å²) in [6.07, 6.45) is -1.15. The molecule has 0 spiro atoms. The zero-order valence-electron chi connectivity index (χ0n) is 18.3. The van der Waals surface area contributed by atoms with Crippen LogP contribution in [0.5, 0.6) is 5.75 Å². The van der Waals surface area contributed by atoms with Gasteiger partial charge < -0.3 is 4.74 Å². The second-order valence-corrected chi connectivity index (χ2v) is 11.6. The highest BCUT2D eigenvalue weighted by Gasteiger charge is 2.47. The van der Waals surface area contributed by atoms with E-state index in [4.69, 9.17) is 4.74 Å². The Bertz CT molecular complexity index is 1280. The number of piperidine rings is 1. The number of ether oxygens (including phenoxy) is 1. The normalized spacial score (nSPS) is 23.6. The number of aromatic nitrogens is 3. The van der Waals surface area contributed by atoms with Gasteiger partial charge >= 0.3 is 6.18 Å². The fourth-order valence-corrected chi connectivity index (χ4v) is 7.27. The third kappa shape index (κ3) is 4.81. The topological polar surface area (TPSA) is 88.2 Å². The molecule has 0 aliphatic carbocycles. The van der Waals surface area contributed by atoms with Gasteiger partial charge in [0.2, 0.25) is 0 Å². The van der Waals surface area contributed by atoms with E-state index in [1.807, 2.05) is 4.90 Å². The summed E-state index contributed by atoms with van der Waals surface area (Å²) < 4.78 is 87.2. The van der Waals surface area contributed by atoms with E-state index < -0.39 is 50.5 Å². The van der Waals surface area contributed by atoms with Crippen molar-refractivity contribution in [2.45, 2.75) is 48.2 Å². The van der Waals surface area contributed by atoms with Crippen molar-refractivity contribution >= 4 is 21.2 Å². The average Bonchev–Trinajstić information content (AvgIpc) is 3.51. The number of fused-ring (bicyclic) bond motifs is 1. The lowest BCUT2D eigenvalue weighted by Crippen LogP contribution is -2.44. The first-order valence-electron chi connectivity index (χ1n) is 11.0. The molecule has 4 heterocycles. The summed E-state index contributed by atoms with van der Waals surface area (Å²) in [5.41, 5.74) is 0.979. The first-order valence-corrected chi connectivity index (χ1v) is 13.6. The second-order valence-electron chi connectivity index (χ2n) is 8.69. The number of nitrogens with zero attached hydrogens (tertiary/aromatic N) is 3. The van der Waals surface area contributed by atoms with Crippen LogP contribution in [0.4, 0.5) is 17.6 Å². The van der Waals surface area contributed by atoms with Gasteiger partial charge in [-0.25, -0.2) is 17.8 Å². The third-order valence-corrected chi connectivity index (χ3v) is 9.19. The number of nitrogens with one attached hydrogen (secondary N) is 1. The highest BCUT2D eigenvalue weighted by Crippen LogP contribution is 2.48. The molecule has 7 nitrogen and oxygen atoms in total. The molecular formula is C22H22F4N4O3S2. The van der Waals surface area contributed by atoms with Crippen LogP contribution in [0.3, 0.4) is 0 Å². The number of halogens is 4. The number of H-pyrrole nitrogens is 1. The van der Waals surface area contributed by atoms with E-state index in [2.05, 4.69) is 15.2 Å². The quantitative estimate of drug-likeness (QED) is 0.476. The van der Waals surface area contributed by atoms with Crippen molar-refractivity contribution in [3.05, 3.63) is 58.1 Å². The summed E-state index contributed by atoms with van der Waals surface area (Å²) in [6.45, 7) is 0.369. The molecular weight excluding hydrogens is 508 g/mol. The van der Waals surface area contributed by atoms with Gasteiger partial charge in [-0.15, -0.1) is 11.3 Å². The van der Waals surface area contributed by atoms with E-state index in [0.29, 0.717) is 22.7 Å². The minimum atomic E-state index is -4.31. The predicted molar refractivity (Wildman–Crippen MR) is 119 cm³/mol. The summed E-state index contributed by atoms with van der Waals surface area (Å²) >= 11 is 1.16. The molecule has 1 saturated heterocycles. The maximum Gasteiger partial charge on any atom is 0.391 e. The Hall–Kier alpha value is -2.51. The van der Waals surface area contributed by atoms with Crippen molar-refractivity contribution < 1.29 is 30.7 Å². The van der Waals surface area contributed by atoms with Crippen molar-refractivity contribution in [1.82, 2.24) is 20.1 Å². The Morgan fingerprint density at radius 2 is 2.03 bits per heavy atom. The third-order valence-electron chi connectivity index (χ3n) is 6.59. The predicted octanol–water partition coefficient (Wildman–Crippen LogP) is 4.82. The van der Waals surface area contributed by atoms with E-state index in [-0.39, 0.29) is 31.7 Å². The van der Waals surface area contributed by atoms with Gasteiger partial charge in [-0.2, -0.15) is 18.3 Å². The minimum Gasteiger partial charge on any atom is -0.493 e. The highest BCUT2D eigenvalue weighted by atomic mass is 32.2. The Morgan fingerprint density at radius 1 is 1.20 bits per heavy atom. The van der Waals surface area contributed by atoms with E-state index >= 15 is 4.39 Å². The first-order chi connectivity index (χ1) is 16.6. The number of rotatable bonds is 5. The summed E-state index contributed by atoms with van der Waals surface area (Å²) in [5.74, 6) is -2.58. The standard InChI is InChI=1S/C22H22F4N4O3S2/c23-15-10-14-17(30-6-2-13(22(24,25)26)9-18(30)16-1-4-28-29-16)3-7-33-19(14)11-20(15)35(31,32)12-21-27-5-8-34-21/h1,4-5,8,10-11,13,17-18H,2-3,6-7,9,12H2,(H,28,29)/t13-,17-,18+/m1/s1. The monoisotopic (exact) mass is 530 g/mol. The van der Waals surface area contributed by atoms with Gasteiger partial charge in [-0.05, 0) is 25.0 Å². The van der Waals surface area contributed by atoms with Crippen LogP contribution in [0.1, 0.15) is 47.6 Å². The van der Waals surface area contributed by atoms with Gasteiger partial charge in [-0.3, -0.25) is 10.00 Å². The molecule has 188 valence electrons. The van der Waals surface area contributed by atoms with Gasteiger partial charge in [0.25, 0.3) is 0 Å². The largest absolute Gasteiger partial charge is 0.493 e. The summed E-state index contributed by atoms with van der Waals surface area (Å²) in [7, 11) is -4.02. The molecule has 5 rings (SSSR count). The average molecular weight is 531 g/mol. The Balaban J connectivity index is 1.48. The maximum absolute atomic E-state index is 15.2. The Morgan fingerprint density at radius 3 is 2.71 bits per heavy atom. The van der Waals surface area contributed by atoms with Crippen molar-refractivity contribution in [2.75, 3.05) is 13.2 Å². The number of hydrogen-bond acceptors (Lipinski definition) is 7. The Kier molecular flexibility index (Phi) is 6.34. The first kappa shape index (κ1) is 24.2. The van der Waals surface area contributed by atoms with E-state index in [1.54, 1.807) is 11.4 Å². The van der Waals surface area contributed by atoms with E-state index in [0.717, 1.165) is 17.4 Å². The van der Waals surface area contributed by atoms with Crippen LogP contribution in [0.15, 0.2) is 40.9 Å². The lowest BCUT2D eigenvalue weighted by molar-refractivity contribution is -0.192. The van der Waals surface area contributed by atoms with Gasteiger partial charge in [0, 0.05) is 48.4 Å². The molecule has 2 aromatic heterocycles. The number of sulfone groups is 1. The molecule has 35 heavy (non-hydrogen) atoms. The molecule has 2 aliphatic rings. The zero-order valence-corrected chi connectivity index (χ0v) is 20.0. The Labute approximate surface area is 203 Å². The molecule has 13 heteroatoms. The molecule has 0 saturated carbocycles. The van der Waals surface area contributed by atoms with E-state index in [1.165, 1.54) is 18.5 Å². The lowest BCUT2D eigenvalue weighted by atomic mass is 9.85. The SMILES string of the molecule is O=S(=O)(Cc1nccs1)c1cc2c(cc1F)[C@H](N1CC[C@@H](C(F)(F)F)C[C@H]1c1ccn[nH]1)CCO2. The van der Waals surface area contributed by atoms with Gasteiger partial charge in [0.1, 0.15) is 27.2 Å². The van der Waals surface area contributed by atoms with E-state index in [9.17, 15) is 21.6 Å². The highest BCUT2D eigenvalue weighted by molar-refractivity contribution is 7.90. The molecule has 2 aliphatic heterocycles. The number of thiazole rings is 1. The van der Waals surface area contributed by atoms with Crippen LogP contribution in [0, 0.1) is 11.7 Å². The molecule has 0 unspecified atom stereocenters. The smallest absolute Gasteiger partial charge is 0.391 e. The van der Waals surface area contributed by atoms with Gasteiger partial charge in [0.05, 0.1) is 24.3 Å². The molecule has 0 bridgehead atoms. The van der Waals surface area contributed by atoms with Crippen molar-refractivity contribution in [1.29, 1.82) is 0 Å². The molecule has 3 atom stereocenters. The van der Waals surface area contributed by atoms with Gasteiger partial charge in [0.15, 0.2) is 9.84 Å². The molecule has 1 aromatic carbocycles. The van der Waals surface area contributed by atoms with Crippen LogP contribution < -0.4 is 4.74 Å². The molecule has 1 N–H and O–H groups in total. The summed E-state index contributed by atoms with van der Waals surface area (Å²) in [6, 6.07) is 2.93. The minimum absolute atomic E-state index is 0.0798. The number of alkyl halides is 3. The summed E-state index contributed by atoms with van der Waals surface area (Å²) in [5, 5.41) is 8.67. The van der Waals surface area contributed by atoms with Gasteiger partial charge in [-0.1, -0.05) is 0 Å². The second kappa shape index (κ2) is 9.17. The number of hydrogen-bond donors (Lipinski definition) is 1. The zero-order chi connectivity index (χ0) is 24.8. The fourth-order valence-electron chi connectivity index (χ4n) is 4.93. The van der Waals surface area contributed by atoms with Crippen LogP contribution in [0.25, 0.3) is 0 Å².